The number of nitro benzene ring substituents is 1. The standard InChI is InChI=1S/C26H19N3O5S/c1-15-7-9-17(20(13-15)29(31)32)21-11-12-23(34-21)25(30)27-19-14-16(8-10-22(19)33-2)26-28-18-5-3-4-6-24(18)35-26/h3-14H,1-2H3,(H,27,30). The quantitative estimate of drug-likeness (QED) is 0.212. The van der Waals surface area contributed by atoms with Gasteiger partial charge in [-0.3, -0.25) is 14.9 Å². The Balaban J connectivity index is 1.44. The number of furan rings is 1. The van der Waals surface area contributed by atoms with Crippen molar-refractivity contribution in [1.29, 1.82) is 0 Å². The van der Waals surface area contributed by atoms with Crippen LogP contribution in [0, 0.1) is 17.0 Å². The van der Waals surface area contributed by atoms with Crippen LogP contribution in [-0.4, -0.2) is 22.9 Å². The van der Waals surface area contributed by atoms with Crippen LogP contribution in [0.1, 0.15) is 16.1 Å². The molecule has 0 saturated heterocycles. The van der Waals surface area contributed by atoms with Crippen LogP contribution in [0.25, 0.3) is 32.1 Å². The SMILES string of the molecule is COc1ccc(-c2nc3ccccc3s2)cc1NC(=O)c1ccc(-c2ccc(C)cc2[N+](=O)[O-])o1. The van der Waals surface area contributed by atoms with Crippen molar-refractivity contribution in [3.8, 4) is 27.6 Å². The summed E-state index contributed by atoms with van der Waals surface area (Å²) < 4.78 is 12.2. The second-order valence-electron chi connectivity index (χ2n) is 7.80. The number of para-hydroxylation sites is 1. The fourth-order valence-electron chi connectivity index (χ4n) is 3.72. The van der Waals surface area contributed by atoms with E-state index >= 15 is 0 Å². The monoisotopic (exact) mass is 485 g/mol. The smallest absolute Gasteiger partial charge is 0.291 e. The highest BCUT2D eigenvalue weighted by molar-refractivity contribution is 7.21. The fraction of sp³-hybridized carbons (Fsp3) is 0.0769. The number of hydrogen-bond acceptors (Lipinski definition) is 7. The summed E-state index contributed by atoms with van der Waals surface area (Å²) >= 11 is 1.56. The molecule has 0 aliphatic rings. The maximum atomic E-state index is 13.0. The van der Waals surface area contributed by atoms with Gasteiger partial charge in [-0.05, 0) is 61.0 Å². The van der Waals surface area contributed by atoms with E-state index in [0.29, 0.717) is 17.0 Å². The molecule has 9 heteroatoms. The Morgan fingerprint density at radius 1 is 1.09 bits per heavy atom. The number of aromatic nitrogens is 1. The molecule has 0 radical (unpaired) electrons. The van der Waals surface area contributed by atoms with E-state index in [1.807, 2.05) is 30.3 Å². The molecule has 0 fully saturated rings. The molecule has 174 valence electrons. The van der Waals surface area contributed by atoms with Gasteiger partial charge in [0.2, 0.25) is 0 Å². The summed E-state index contributed by atoms with van der Waals surface area (Å²) in [5, 5.41) is 15.1. The zero-order valence-electron chi connectivity index (χ0n) is 18.8. The van der Waals surface area contributed by atoms with Gasteiger partial charge in [-0.15, -0.1) is 11.3 Å². The lowest BCUT2D eigenvalue weighted by atomic mass is 10.1. The Labute approximate surface area is 204 Å². The molecule has 0 spiro atoms. The summed E-state index contributed by atoms with van der Waals surface area (Å²) in [4.78, 5) is 28.7. The van der Waals surface area contributed by atoms with Crippen molar-refractivity contribution < 1.29 is 18.9 Å². The number of nitro groups is 1. The first kappa shape index (κ1) is 22.3. The molecule has 2 aromatic heterocycles. The van der Waals surface area contributed by atoms with Crippen molar-refractivity contribution in [2.24, 2.45) is 0 Å². The second kappa shape index (κ2) is 9.03. The summed E-state index contributed by atoms with van der Waals surface area (Å²) in [6.07, 6.45) is 0. The van der Waals surface area contributed by atoms with Crippen molar-refractivity contribution in [2.75, 3.05) is 12.4 Å². The number of thiazole rings is 1. The van der Waals surface area contributed by atoms with E-state index in [2.05, 4.69) is 10.3 Å². The zero-order chi connectivity index (χ0) is 24.5. The summed E-state index contributed by atoms with van der Waals surface area (Å²) in [6, 6.07) is 21.2. The lowest BCUT2D eigenvalue weighted by Gasteiger charge is -2.10. The largest absolute Gasteiger partial charge is 0.495 e. The van der Waals surface area contributed by atoms with Gasteiger partial charge in [0.15, 0.2) is 5.76 Å². The molecule has 5 rings (SSSR count). The van der Waals surface area contributed by atoms with E-state index in [1.165, 1.54) is 19.2 Å². The third-order valence-electron chi connectivity index (χ3n) is 5.43. The predicted molar refractivity (Wildman–Crippen MR) is 135 cm³/mol. The van der Waals surface area contributed by atoms with Crippen LogP contribution in [0.15, 0.2) is 77.2 Å². The third-order valence-corrected chi connectivity index (χ3v) is 6.52. The molecule has 1 N–H and O–H groups in total. The van der Waals surface area contributed by atoms with Gasteiger partial charge < -0.3 is 14.5 Å². The molecule has 35 heavy (non-hydrogen) atoms. The number of anilines is 1. The number of nitrogens with zero attached hydrogens (tertiary/aromatic N) is 2. The number of fused-ring (bicyclic) bond motifs is 1. The maximum Gasteiger partial charge on any atom is 0.291 e. The molecular formula is C26H19N3O5S. The van der Waals surface area contributed by atoms with Gasteiger partial charge in [-0.1, -0.05) is 18.2 Å². The third kappa shape index (κ3) is 4.36. The molecule has 2 heterocycles. The molecule has 0 bridgehead atoms. The van der Waals surface area contributed by atoms with E-state index < -0.39 is 10.8 Å². The van der Waals surface area contributed by atoms with Crippen LogP contribution in [0.4, 0.5) is 11.4 Å². The first-order valence-electron chi connectivity index (χ1n) is 10.6. The normalized spacial score (nSPS) is 10.9. The van der Waals surface area contributed by atoms with Crippen molar-refractivity contribution in [3.05, 3.63) is 94.2 Å². The van der Waals surface area contributed by atoms with Crippen molar-refractivity contribution in [2.45, 2.75) is 6.92 Å². The van der Waals surface area contributed by atoms with Crippen LogP contribution in [0.5, 0.6) is 5.75 Å². The Bertz CT molecular complexity index is 1550. The van der Waals surface area contributed by atoms with Crippen molar-refractivity contribution in [3.63, 3.8) is 0 Å². The van der Waals surface area contributed by atoms with E-state index in [0.717, 1.165) is 26.4 Å². The predicted octanol–water partition coefficient (Wildman–Crippen LogP) is 6.70. The number of aryl methyl sites for hydroxylation is 1. The number of carbonyl (C=O) groups excluding carboxylic acids is 1. The molecular weight excluding hydrogens is 466 g/mol. The summed E-state index contributed by atoms with van der Waals surface area (Å²) in [6.45, 7) is 1.77. The van der Waals surface area contributed by atoms with Crippen LogP contribution < -0.4 is 10.1 Å². The number of carbonyl (C=O) groups is 1. The number of ether oxygens (including phenoxy) is 1. The lowest BCUT2D eigenvalue weighted by molar-refractivity contribution is -0.384. The molecule has 0 atom stereocenters. The lowest BCUT2D eigenvalue weighted by Crippen LogP contribution is -2.11. The number of nitrogens with one attached hydrogen (secondary N) is 1. The highest BCUT2D eigenvalue weighted by atomic mass is 32.1. The maximum absolute atomic E-state index is 13.0. The second-order valence-corrected chi connectivity index (χ2v) is 8.83. The first-order valence-corrected chi connectivity index (χ1v) is 11.4. The van der Waals surface area contributed by atoms with Gasteiger partial charge in [-0.25, -0.2) is 4.98 Å². The van der Waals surface area contributed by atoms with E-state index in [4.69, 9.17) is 9.15 Å². The van der Waals surface area contributed by atoms with E-state index in [-0.39, 0.29) is 17.2 Å². The number of hydrogen-bond donors (Lipinski definition) is 1. The van der Waals surface area contributed by atoms with Crippen LogP contribution >= 0.6 is 11.3 Å². The minimum Gasteiger partial charge on any atom is -0.495 e. The number of benzene rings is 3. The Morgan fingerprint density at radius 3 is 2.69 bits per heavy atom. The highest BCUT2D eigenvalue weighted by Crippen LogP contribution is 2.36. The number of rotatable bonds is 6. The molecule has 0 saturated carbocycles. The minimum absolute atomic E-state index is 0.0160. The first-order chi connectivity index (χ1) is 16.9. The van der Waals surface area contributed by atoms with Gasteiger partial charge >= 0.3 is 0 Å². The summed E-state index contributed by atoms with van der Waals surface area (Å²) in [5.41, 5.74) is 3.16. The topological polar surface area (TPSA) is 108 Å². The number of methoxy groups -OCH3 is 1. The molecule has 5 aromatic rings. The molecule has 0 aliphatic carbocycles. The Morgan fingerprint density at radius 2 is 1.91 bits per heavy atom. The van der Waals surface area contributed by atoms with Gasteiger partial charge in [0.25, 0.3) is 11.6 Å². The zero-order valence-corrected chi connectivity index (χ0v) is 19.6. The molecule has 0 aliphatic heterocycles. The van der Waals surface area contributed by atoms with Gasteiger partial charge in [-0.2, -0.15) is 0 Å². The Hall–Kier alpha value is -4.50. The van der Waals surface area contributed by atoms with Crippen molar-refractivity contribution >= 4 is 38.8 Å². The number of amides is 1. The van der Waals surface area contributed by atoms with Crippen LogP contribution in [0.3, 0.4) is 0 Å². The van der Waals surface area contributed by atoms with Crippen molar-refractivity contribution in [1.82, 2.24) is 4.98 Å². The molecule has 3 aromatic carbocycles. The summed E-state index contributed by atoms with van der Waals surface area (Å²) in [5.74, 6) is 0.217. The van der Waals surface area contributed by atoms with Gasteiger partial charge in [0.1, 0.15) is 16.5 Å². The average molecular weight is 486 g/mol. The van der Waals surface area contributed by atoms with Gasteiger partial charge in [0, 0.05) is 11.6 Å². The molecule has 0 unspecified atom stereocenters. The minimum atomic E-state index is -0.509. The van der Waals surface area contributed by atoms with E-state index in [1.54, 1.807) is 48.6 Å². The van der Waals surface area contributed by atoms with Gasteiger partial charge in [0.05, 0.1) is 33.5 Å². The highest BCUT2D eigenvalue weighted by Gasteiger charge is 2.21. The summed E-state index contributed by atoms with van der Waals surface area (Å²) in [7, 11) is 1.52. The van der Waals surface area contributed by atoms with E-state index in [9.17, 15) is 14.9 Å². The van der Waals surface area contributed by atoms with Crippen LogP contribution in [-0.2, 0) is 0 Å². The molecule has 1 amide bonds. The molecule has 8 nitrogen and oxygen atoms in total. The fourth-order valence-corrected chi connectivity index (χ4v) is 4.69. The average Bonchev–Trinajstić information content (AvgIpc) is 3.51. The Kier molecular flexibility index (Phi) is 5.76. The van der Waals surface area contributed by atoms with Crippen LogP contribution in [0.2, 0.25) is 0 Å².